The molecule has 17 heavy (non-hydrogen) atoms. The maximum Gasteiger partial charge on any atom is 0.184 e. The lowest BCUT2D eigenvalue weighted by molar-refractivity contribution is 1.33. The van der Waals surface area contributed by atoms with E-state index in [1.54, 1.807) is 7.05 Å². The Labute approximate surface area is 112 Å². The summed E-state index contributed by atoms with van der Waals surface area (Å²) >= 11 is 4.81. The number of benzene rings is 1. The lowest BCUT2D eigenvalue weighted by atomic mass is 10.1. The third kappa shape index (κ3) is 2.33. The number of hydrogen-bond acceptors (Lipinski definition) is 4. The van der Waals surface area contributed by atoms with Crippen molar-refractivity contribution in [3.8, 4) is 17.3 Å². The number of aryl methyl sites for hydroxylation is 1. The summed E-state index contributed by atoms with van der Waals surface area (Å²) in [5.41, 5.74) is 2.85. The van der Waals surface area contributed by atoms with Gasteiger partial charge in [0.1, 0.15) is 16.6 Å². The van der Waals surface area contributed by atoms with Gasteiger partial charge in [-0.3, -0.25) is 0 Å². The van der Waals surface area contributed by atoms with E-state index in [1.807, 2.05) is 25.1 Å². The van der Waals surface area contributed by atoms with E-state index in [1.165, 1.54) is 11.3 Å². The van der Waals surface area contributed by atoms with Crippen LogP contribution in [0.2, 0.25) is 0 Å². The maximum absolute atomic E-state index is 9.13. The van der Waals surface area contributed by atoms with Crippen molar-refractivity contribution in [3.63, 3.8) is 0 Å². The van der Waals surface area contributed by atoms with E-state index in [2.05, 4.69) is 32.3 Å². The Morgan fingerprint density at radius 2 is 2.24 bits per heavy atom. The number of rotatable bonds is 2. The molecule has 86 valence electrons. The third-order valence-corrected chi connectivity index (χ3v) is 3.87. The highest BCUT2D eigenvalue weighted by Crippen LogP contribution is 2.33. The summed E-state index contributed by atoms with van der Waals surface area (Å²) in [6.07, 6.45) is 0. The van der Waals surface area contributed by atoms with Gasteiger partial charge in [0.15, 0.2) is 5.13 Å². The van der Waals surface area contributed by atoms with Gasteiger partial charge in [-0.15, -0.1) is 0 Å². The largest absolute Gasteiger partial charge is 0.365 e. The molecule has 3 nitrogen and oxygen atoms in total. The SMILES string of the molecule is CNc1nc(-c2cc(Br)ccc2C)c(C#N)s1. The Bertz CT molecular complexity index is 598. The van der Waals surface area contributed by atoms with E-state index in [0.717, 1.165) is 26.4 Å². The average molecular weight is 308 g/mol. The zero-order chi connectivity index (χ0) is 12.4. The molecule has 0 bridgehead atoms. The minimum Gasteiger partial charge on any atom is -0.365 e. The molecule has 2 rings (SSSR count). The summed E-state index contributed by atoms with van der Waals surface area (Å²) in [4.78, 5) is 5.07. The second kappa shape index (κ2) is 4.86. The number of nitrogens with one attached hydrogen (secondary N) is 1. The fraction of sp³-hybridized carbons (Fsp3) is 0.167. The normalized spacial score (nSPS) is 10.0. The zero-order valence-electron chi connectivity index (χ0n) is 9.41. The first-order valence-electron chi connectivity index (χ1n) is 5.01. The molecule has 2 aromatic rings. The summed E-state index contributed by atoms with van der Waals surface area (Å²) in [6, 6.07) is 8.18. The van der Waals surface area contributed by atoms with Gasteiger partial charge < -0.3 is 5.32 Å². The second-order valence-corrected chi connectivity index (χ2v) is 5.43. The fourth-order valence-corrected chi connectivity index (χ4v) is 2.63. The van der Waals surface area contributed by atoms with Gasteiger partial charge in [0.05, 0.1) is 0 Å². The highest BCUT2D eigenvalue weighted by Gasteiger charge is 2.14. The van der Waals surface area contributed by atoms with E-state index in [9.17, 15) is 0 Å². The molecule has 1 aromatic carbocycles. The first kappa shape index (κ1) is 12.1. The summed E-state index contributed by atoms with van der Waals surface area (Å²) < 4.78 is 0.987. The number of nitriles is 1. The van der Waals surface area contributed by atoms with Gasteiger partial charge in [-0.05, 0) is 24.6 Å². The van der Waals surface area contributed by atoms with Crippen LogP contribution in [0.25, 0.3) is 11.3 Å². The molecule has 0 fully saturated rings. The molecule has 0 spiro atoms. The van der Waals surface area contributed by atoms with Gasteiger partial charge in [-0.2, -0.15) is 5.26 Å². The molecular formula is C12H10BrN3S. The van der Waals surface area contributed by atoms with Gasteiger partial charge in [-0.25, -0.2) is 4.98 Å². The van der Waals surface area contributed by atoms with Gasteiger partial charge >= 0.3 is 0 Å². The molecular weight excluding hydrogens is 298 g/mol. The van der Waals surface area contributed by atoms with Crippen LogP contribution in [0.3, 0.4) is 0 Å². The van der Waals surface area contributed by atoms with Crippen LogP contribution in [-0.2, 0) is 0 Å². The number of anilines is 1. The molecule has 0 amide bonds. The summed E-state index contributed by atoms with van der Waals surface area (Å²) in [7, 11) is 1.80. The highest BCUT2D eigenvalue weighted by atomic mass is 79.9. The Morgan fingerprint density at radius 1 is 1.47 bits per heavy atom. The molecule has 5 heteroatoms. The van der Waals surface area contributed by atoms with Crippen LogP contribution in [0.1, 0.15) is 10.4 Å². The molecule has 0 aliphatic heterocycles. The van der Waals surface area contributed by atoms with Crippen molar-refractivity contribution in [2.45, 2.75) is 6.92 Å². The number of hydrogen-bond donors (Lipinski definition) is 1. The summed E-state index contributed by atoms with van der Waals surface area (Å²) in [5, 5.41) is 12.9. The molecule has 1 N–H and O–H groups in total. The van der Waals surface area contributed by atoms with Crippen LogP contribution < -0.4 is 5.32 Å². The van der Waals surface area contributed by atoms with Gasteiger partial charge in [0.25, 0.3) is 0 Å². The average Bonchev–Trinajstić information content (AvgIpc) is 2.75. The van der Waals surface area contributed by atoms with Gasteiger partial charge in [0, 0.05) is 17.1 Å². The van der Waals surface area contributed by atoms with Crippen molar-refractivity contribution in [2.24, 2.45) is 0 Å². The quantitative estimate of drug-likeness (QED) is 0.918. The van der Waals surface area contributed by atoms with E-state index in [-0.39, 0.29) is 0 Å². The minimum absolute atomic E-state index is 0.635. The Morgan fingerprint density at radius 3 is 2.88 bits per heavy atom. The first-order valence-corrected chi connectivity index (χ1v) is 6.62. The molecule has 0 saturated heterocycles. The standard InChI is InChI=1S/C12H10BrN3S/c1-7-3-4-8(13)5-9(7)11-10(6-14)17-12(15-2)16-11/h3-5H,1-2H3,(H,15,16). The van der Waals surface area contributed by atoms with Crippen molar-refractivity contribution in [3.05, 3.63) is 33.1 Å². The van der Waals surface area contributed by atoms with Crippen LogP contribution in [0.15, 0.2) is 22.7 Å². The smallest absolute Gasteiger partial charge is 0.184 e. The minimum atomic E-state index is 0.635. The first-order chi connectivity index (χ1) is 8.15. The van der Waals surface area contributed by atoms with Crippen LogP contribution in [-0.4, -0.2) is 12.0 Å². The monoisotopic (exact) mass is 307 g/mol. The number of aromatic nitrogens is 1. The lowest BCUT2D eigenvalue weighted by Gasteiger charge is -2.03. The van der Waals surface area contributed by atoms with Crippen molar-refractivity contribution >= 4 is 32.4 Å². The Hall–Kier alpha value is -1.38. The number of nitrogens with zero attached hydrogens (tertiary/aromatic N) is 2. The van der Waals surface area contributed by atoms with Crippen LogP contribution in [0, 0.1) is 18.3 Å². The lowest BCUT2D eigenvalue weighted by Crippen LogP contribution is -1.88. The predicted molar refractivity (Wildman–Crippen MR) is 74.2 cm³/mol. The number of thiazole rings is 1. The second-order valence-electron chi connectivity index (χ2n) is 3.52. The van der Waals surface area contributed by atoms with Crippen molar-refractivity contribution < 1.29 is 0 Å². The molecule has 0 aliphatic rings. The Balaban J connectivity index is 2.63. The molecule has 0 radical (unpaired) electrons. The fourth-order valence-electron chi connectivity index (χ4n) is 1.53. The van der Waals surface area contributed by atoms with Gasteiger partial charge in [-0.1, -0.05) is 33.3 Å². The maximum atomic E-state index is 9.13. The van der Waals surface area contributed by atoms with E-state index >= 15 is 0 Å². The molecule has 1 heterocycles. The van der Waals surface area contributed by atoms with E-state index < -0.39 is 0 Å². The highest BCUT2D eigenvalue weighted by molar-refractivity contribution is 9.10. The third-order valence-electron chi connectivity index (χ3n) is 2.40. The molecule has 0 unspecified atom stereocenters. The molecule has 0 saturated carbocycles. The van der Waals surface area contributed by atoms with Crippen LogP contribution in [0.5, 0.6) is 0 Å². The predicted octanol–water partition coefficient (Wildman–Crippen LogP) is 3.79. The molecule has 0 atom stereocenters. The summed E-state index contributed by atoms with van der Waals surface area (Å²) in [6.45, 7) is 2.02. The van der Waals surface area contributed by atoms with Crippen molar-refractivity contribution in [1.29, 1.82) is 5.26 Å². The summed E-state index contributed by atoms with van der Waals surface area (Å²) in [5.74, 6) is 0. The van der Waals surface area contributed by atoms with Crippen LogP contribution in [0.4, 0.5) is 5.13 Å². The Kier molecular flexibility index (Phi) is 3.46. The van der Waals surface area contributed by atoms with Gasteiger partial charge in [0.2, 0.25) is 0 Å². The molecule has 0 aliphatic carbocycles. The van der Waals surface area contributed by atoms with Crippen molar-refractivity contribution in [2.75, 3.05) is 12.4 Å². The van der Waals surface area contributed by atoms with Crippen LogP contribution >= 0.6 is 27.3 Å². The van der Waals surface area contributed by atoms with Crippen molar-refractivity contribution in [1.82, 2.24) is 4.98 Å². The number of halogens is 1. The van der Waals surface area contributed by atoms with E-state index in [4.69, 9.17) is 5.26 Å². The zero-order valence-corrected chi connectivity index (χ0v) is 11.8. The molecule has 1 aromatic heterocycles. The van der Waals surface area contributed by atoms with E-state index in [0.29, 0.717) is 4.88 Å². The topological polar surface area (TPSA) is 48.7 Å².